The zero-order chi connectivity index (χ0) is 13.9. The number of halogens is 1. The summed E-state index contributed by atoms with van der Waals surface area (Å²) in [6.45, 7) is 10.4. The van der Waals surface area contributed by atoms with E-state index in [0.717, 1.165) is 38.5 Å². The first kappa shape index (κ1) is 16.3. The fraction of sp³-hybridized carbons (Fsp3) is 0.600. The highest BCUT2D eigenvalue weighted by molar-refractivity contribution is 6.30. The minimum absolute atomic E-state index is 0.672. The van der Waals surface area contributed by atoms with Crippen LogP contribution in [0.1, 0.15) is 20.3 Å². The van der Waals surface area contributed by atoms with Crippen molar-refractivity contribution in [2.45, 2.75) is 20.3 Å². The van der Waals surface area contributed by atoms with Crippen LogP contribution >= 0.6 is 11.6 Å². The topological polar surface area (TPSA) is 24.5 Å². The third-order valence-corrected chi connectivity index (χ3v) is 3.30. The van der Waals surface area contributed by atoms with Crippen molar-refractivity contribution in [3.8, 4) is 5.75 Å². The Balaban J connectivity index is 1.99. The maximum absolute atomic E-state index is 5.88. The van der Waals surface area contributed by atoms with E-state index in [-0.39, 0.29) is 0 Å². The molecule has 0 saturated carbocycles. The zero-order valence-electron chi connectivity index (χ0n) is 12.0. The molecule has 0 bridgehead atoms. The summed E-state index contributed by atoms with van der Waals surface area (Å²) in [7, 11) is 0. The van der Waals surface area contributed by atoms with Gasteiger partial charge in [-0.3, -0.25) is 0 Å². The van der Waals surface area contributed by atoms with Crippen LogP contribution in [0.25, 0.3) is 0 Å². The third kappa shape index (κ3) is 7.41. The van der Waals surface area contributed by atoms with E-state index in [0.29, 0.717) is 11.6 Å². The lowest BCUT2D eigenvalue weighted by molar-refractivity contribution is 0.290. The molecule has 108 valence electrons. The number of benzene rings is 1. The van der Waals surface area contributed by atoms with Crippen molar-refractivity contribution in [2.75, 3.05) is 39.3 Å². The number of nitrogens with zero attached hydrogens (tertiary/aromatic N) is 1. The van der Waals surface area contributed by atoms with Crippen molar-refractivity contribution in [3.05, 3.63) is 29.3 Å². The molecular weight excluding hydrogens is 260 g/mol. The maximum Gasteiger partial charge on any atom is 0.120 e. The van der Waals surface area contributed by atoms with Crippen LogP contribution < -0.4 is 10.1 Å². The van der Waals surface area contributed by atoms with Crippen LogP contribution in [0.5, 0.6) is 5.75 Å². The molecule has 0 atom stereocenters. The van der Waals surface area contributed by atoms with Crippen LogP contribution in [0.15, 0.2) is 24.3 Å². The molecule has 3 nitrogen and oxygen atoms in total. The second kappa shape index (κ2) is 10.1. The Bertz CT molecular complexity index is 343. The average molecular weight is 285 g/mol. The number of rotatable bonds is 10. The molecule has 0 fully saturated rings. The summed E-state index contributed by atoms with van der Waals surface area (Å²) in [5.74, 6) is 0.831. The van der Waals surface area contributed by atoms with Gasteiger partial charge >= 0.3 is 0 Å². The van der Waals surface area contributed by atoms with Crippen molar-refractivity contribution in [1.29, 1.82) is 0 Å². The Kier molecular flexibility index (Phi) is 8.63. The van der Waals surface area contributed by atoms with E-state index in [1.165, 1.54) is 6.42 Å². The molecule has 0 heterocycles. The molecule has 0 radical (unpaired) electrons. The predicted octanol–water partition coefficient (Wildman–Crippen LogP) is 3.04. The normalized spacial score (nSPS) is 10.9. The number of nitrogens with one attached hydrogen (secondary N) is 1. The lowest BCUT2D eigenvalue weighted by Gasteiger charge is -2.17. The van der Waals surface area contributed by atoms with Crippen LogP contribution in [0.4, 0.5) is 0 Å². The number of hydrogen-bond acceptors (Lipinski definition) is 3. The van der Waals surface area contributed by atoms with Crippen LogP contribution in [-0.4, -0.2) is 44.2 Å². The summed E-state index contributed by atoms with van der Waals surface area (Å²) in [6.07, 6.45) is 1.18. The maximum atomic E-state index is 5.88. The minimum Gasteiger partial charge on any atom is -0.492 e. The Hall–Kier alpha value is -0.770. The molecule has 0 spiro atoms. The average Bonchev–Trinajstić information content (AvgIpc) is 2.42. The van der Waals surface area contributed by atoms with Crippen LogP contribution in [-0.2, 0) is 0 Å². The monoisotopic (exact) mass is 284 g/mol. The summed E-state index contributed by atoms with van der Waals surface area (Å²) in [5, 5.41) is 4.10. The molecule has 0 amide bonds. The Labute approximate surface area is 121 Å². The summed E-state index contributed by atoms with van der Waals surface area (Å²) < 4.78 is 5.60. The molecule has 19 heavy (non-hydrogen) atoms. The van der Waals surface area contributed by atoms with E-state index in [4.69, 9.17) is 16.3 Å². The smallest absolute Gasteiger partial charge is 0.120 e. The van der Waals surface area contributed by atoms with Gasteiger partial charge in [-0.1, -0.05) is 31.5 Å². The van der Waals surface area contributed by atoms with Crippen molar-refractivity contribution in [3.63, 3.8) is 0 Å². The second-order valence-electron chi connectivity index (χ2n) is 4.44. The third-order valence-electron chi connectivity index (χ3n) is 3.07. The zero-order valence-corrected chi connectivity index (χ0v) is 12.7. The van der Waals surface area contributed by atoms with Gasteiger partial charge < -0.3 is 15.0 Å². The van der Waals surface area contributed by atoms with Gasteiger partial charge in [0.1, 0.15) is 12.4 Å². The molecule has 1 aromatic carbocycles. The van der Waals surface area contributed by atoms with E-state index in [9.17, 15) is 0 Å². The van der Waals surface area contributed by atoms with Crippen LogP contribution in [0.3, 0.4) is 0 Å². The van der Waals surface area contributed by atoms with Gasteiger partial charge in [0.15, 0.2) is 0 Å². The van der Waals surface area contributed by atoms with Gasteiger partial charge in [0, 0.05) is 11.6 Å². The van der Waals surface area contributed by atoms with Gasteiger partial charge in [-0.05, 0) is 50.8 Å². The van der Waals surface area contributed by atoms with Gasteiger partial charge in [-0.15, -0.1) is 0 Å². The minimum atomic E-state index is 0.672. The van der Waals surface area contributed by atoms with Gasteiger partial charge in [-0.2, -0.15) is 0 Å². The first-order valence-corrected chi connectivity index (χ1v) is 7.45. The molecule has 0 saturated heterocycles. The molecule has 1 rings (SSSR count). The van der Waals surface area contributed by atoms with E-state index in [1.54, 1.807) is 0 Å². The standard InChI is InChI=1S/C15H25ClN2O/c1-3-18(4-2)11-6-9-17-10-12-19-15-8-5-7-14(16)13-15/h5,7-8,13,17H,3-4,6,9-12H2,1-2H3. The van der Waals surface area contributed by atoms with Crippen LogP contribution in [0.2, 0.25) is 5.02 Å². The first-order valence-electron chi connectivity index (χ1n) is 7.07. The summed E-state index contributed by atoms with van der Waals surface area (Å²) in [6, 6.07) is 7.50. The largest absolute Gasteiger partial charge is 0.492 e. The van der Waals surface area contributed by atoms with E-state index >= 15 is 0 Å². The number of ether oxygens (including phenoxy) is 1. The molecule has 4 heteroatoms. The van der Waals surface area contributed by atoms with Gasteiger partial charge in [0.2, 0.25) is 0 Å². The predicted molar refractivity (Wildman–Crippen MR) is 82.2 cm³/mol. The fourth-order valence-corrected chi connectivity index (χ4v) is 2.07. The molecule has 0 aliphatic heterocycles. The fourth-order valence-electron chi connectivity index (χ4n) is 1.89. The van der Waals surface area contributed by atoms with Gasteiger partial charge in [0.05, 0.1) is 0 Å². The highest BCUT2D eigenvalue weighted by atomic mass is 35.5. The first-order chi connectivity index (χ1) is 9.26. The van der Waals surface area contributed by atoms with Gasteiger partial charge in [0.25, 0.3) is 0 Å². The lowest BCUT2D eigenvalue weighted by Crippen LogP contribution is -2.28. The quantitative estimate of drug-likeness (QED) is 0.669. The van der Waals surface area contributed by atoms with Crippen molar-refractivity contribution in [1.82, 2.24) is 10.2 Å². The molecule has 0 aromatic heterocycles. The second-order valence-corrected chi connectivity index (χ2v) is 4.87. The molecule has 0 aliphatic rings. The highest BCUT2D eigenvalue weighted by Crippen LogP contribution is 2.16. The Morgan fingerprint density at radius 2 is 2.00 bits per heavy atom. The molecule has 0 aliphatic carbocycles. The molecular formula is C15H25ClN2O. The van der Waals surface area contributed by atoms with E-state index in [1.807, 2.05) is 24.3 Å². The summed E-state index contributed by atoms with van der Waals surface area (Å²) >= 11 is 5.88. The van der Waals surface area contributed by atoms with Crippen LogP contribution in [0, 0.1) is 0 Å². The van der Waals surface area contributed by atoms with Crippen molar-refractivity contribution in [2.24, 2.45) is 0 Å². The van der Waals surface area contributed by atoms with Gasteiger partial charge in [-0.25, -0.2) is 0 Å². The van der Waals surface area contributed by atoms with Crippen molar-refractivity contribution < 1.29 is 4.74 Å². The molecule has 1 aromatic rings. The summed E-state index contributed by atoms with van der Waals surface area (Å²) in [5.41, 5.74) is 0. The summed E-state index contributed by atoms with van der Waals surface area (Å²) in [4.78, 5) is 2.43. The van der Waals surface area contributed by atoms with E-state index < -0.39 is 0 Å². The lowest BCUT2D eigenvalue weighted by atomic mass is 10.3. The van der Waals surface area contributed by atoms with Crippen molar-refractivity contribution >= 4 is 11.6 Å². The highest BCUT2D eigenvalue weighted by Gasteiger charge is 1.98. The molecule has 0 unspecified atom stereocenters. The Morgan fingerprint density at radius 1 is 1.21 bits per heavy atom. The SMILES string of the molecule is CCN(CC)CCCNCCOc1cccc(Cl)c1. The molecule has 1 N–H and O–H groups in total. The Morgan fingerprint density at radius 3 is 2.68 bits per heavy atom. The number of hydrogen-bond donors (Lipinski definition) is 1. The van der Waals surface area contributed by atoms with E-state index in [2.05, 4.69) is 24.1 Å².